The summed E-state index contributed by atoms with van der Waals surface area (Å²) in [4.78, 5) is 0. The maximum atomic E-state index is 3.69. The number of rotatable bonds is 3. The van der Waals surface area contributed by atoms with Gasteiger partial charge < -0.3 is 10.6 Å². The number of hydrogen-bond acceptors (Lipinski definition) is 2. The van der Waals surface area contributed by atoms with Gasteiger partial charge in [0.2, 0.25) is 0 Å². The highest BCUT2D eigenvalue weighted by Crippen LogP contribution is 2.30. The van der Waals surface area contributed by atoms with E-state index in [1.54, 1.807) is 0 Å². The van der Waals surface area contributed by atoms with E-state index in [4.69, 9.17) is 0 Å². The van der Waals surface area contributed by atoms with Crippen LogP contribution in [0.25, 0.3) is 0 Å². The summed E-state index contributed by atoms with van der Waals surface area (Å²) in [7, 11) is 0. The van der Waals surface area contributed by atoms with E-state index in [-0.39, 0.29) is 0 Å². The van der Waals surface area contributed by atoms with E-state index in [9.17, 15) is 0 Å². The van der Waals surface area contributed by atoms with E-state index in [0.717, 1.165) is 17.9 Å². The minimum absolute atomic E-state index is 0.757. The minimum Gasteiger partial charge on any atom is -0.315 e. The van der Waals surface area contributed by atoms with Gasteiger partial charge in [0.05, 0.1) is 0 Å². The molecule has 0 radical (unpaired) electrons. The molecule has 0 aromatic heterocycles. The Balaban J connectivity index is 1.66. The predicted octanol–water partition coefficient (Wildman–Crippen LogP) is 1.37. The lowest BCUT2D eigenvalue weighted by Crippen LogP contribution is -2.35. The Labute approximate surface area is 81.5 Å². The average Bonchev–Trinajstić information content (AvgIpc) is 2.72. The monoisotopic (exact) mass is 182 g/mol. The van der Waals surface area contributed by atoms with Crippen molar-refractivity contribution in [2.45, 2.75) is 38.6 Å². The third kappa shape index (κ3) is 2.44. The predicted molar refractivity (Wildman–Crippen MR) is 55.8 cm³/mol. The first-order chi connectivity index (χ1) is 6.36. The molecular formula is C11H22N2. The third-order valence-electron chi connectivity index (χ3n) is 3.77. The smallest absolute Gasteiger partial charge is 0.0204 e. The third-order valence-corrected chi connectivity index (χ3v) is 3.77. The molecule has 0 spiro atoms. The molecule has 3 atom stereocenters. The summed E-state index contributed by atoms with van der Waals surface area (Å²) in [5, 5.41) is 7.09. The highest BCUT2D eigenvalue weighted by atomic mass is 15.0. The van der Waals surface area contributed by atoms with E-state index in [1.807, 2.05) is 0 Å². The zero-order valence-corrected chi connectivity index (χ0v) is 8.68. The lowest BCUT2D eigenvalue weighted by Gasteiger charge is -2.18. The standard InChI is InChI=1S/C11H22N2/c1-9-3-2-4-10(9)7-13-11-5-6-12-8-11/h9-13H,2-8H2,1H3. The Hall–Kier alpha value is -0.0800. The molecule has 2 heteroatoms. The highest BCUT2D eigenvalue weighted by molar-refractivity contribution is 4.81. The van der Waals surface area contributed by atoms with Crippen LogP contribution in [0.3, 0.4) is 0 Å². The van der Waals surface area contributed by atoms with E-state index in [0.29, 0.717) is 0 Å². The molecule has 2 aliphatic rings. The van der Waals surface area contributed by atoms with Crippen LogP contribution in [-0.4, -0.2) is 25.7 Å². The van der Waals surface area contributed by atoms with Crippen LogP contribution in [0.5, 0.6) is 0 Å². The van der Waals surface area contributed by atoms with Crippen LogP contribution < -0.4 is 10.6 Å². The molecule has 1 saturated heterocycles. The molecule has 0 aromatic rings. The lowest BCUT2D eigenvalue weighted by atomic mass is 9.98. The summed E-state index contributed by atoms with van der Waals surface area (Å²) in [6.07, 6.45) is 5.68. The van der Waals surface area contributed by atoms with Crippen LogP contribution in [0.4, 0.5) is 0 Å². The molecular weight excluding hydrogens is 160 g/mol. The summed E-state index contributed by atoms with van der Waals surface area (Å²) in [5.74, 6) is 1.92. The normalized spacial score (nSPS) is 39.9. The first kappa shape index (κ1) is 9.47. The Morgan fingerprint density at radius 3 is 2.85 bits per heavy atom. The van der Waals surface area contributed by atoms with Gasteiger partial charge in [-0.15, -0.1) is 0 Å². The average molecular weight is 182 g/mol. The van der Waals surface area contributed by atoms with Crippen LogP contribution in [0.15, 0.2) is 0 Å². The van der Waals surface area contributed by atoms with Crippen molar-refractivity contribution in [2.24, 2.45) is 11.8 Å². The second-order valence-electron chi connectivity index (χ2n) is 4.77. The second-order valence-corrected chi connectivity index (χ2v) is 4.77. The van der Waals surface area contributed by atoms with Crippen LogP contribution >= 0.6 is 0 Å². The van der Waals surface area contributed by atoms with Gasteiger partial charge in [-0.25, -0.2) is 0 Å². The van der Waals surface area contributed by atoms with Gasteiger partial charge in [-0.1, -0.05) is 19.8 Å². The molecule has 1 saturated carbocycles. The minimum atomic E-state index is 0.757. The van der Waals surface area contributed by atoms with Gasteiger partial charge in [-0.05, 0) is 37.8 Å². The van der Waals surface area contributed by atoms with Gasteiger partial charge in [-0.3, -0.25) is 0 Å². The highest BCUT2D eigenvalue weighted by Gasteiger charge is 2.24. The fourth-order valence-electron chi connectivity index (χ4n) is 2.67. The zero-order valence-electron chi connectivity index (χ0n) is 8.68. The molecule has 2 N–H and O–H groups in total. The van der Waals surface area contributed by atoms with E-state index in [2.05, 4.69) is 17.6 Å². The molecule has 1 aliphatic carbocycles. The molecule has 2 fully saturated rings. The molecule has 0 bridgehead atoms. The molecule has 0 aromatic carbocycles. The van der Waals surface area contributed by atoms with Crippen molar-refractivity contribution in [1.29, 1.82) is 0 Å². The molecule has 1 heterocycles. The second kappa shape index (κ2) is 4.43. The van der Waals surface area contributed by atoms with E-state index in [1.165, 1.54) is 45.3 Å². The molecule has 1 aliphatic heterocycles. The SMILES string of the molecule is CC1CCCC1CNC1CCNC1. The van der Waals surface area contributed by atoms with E-state index >= 15 is 0 Å². The summed E-state index contributed by atoms with van der Waals surface area (Å²) in [5.41, 5.74) is 0. The Morgan fingerprint density at radius 1 is 1.31 bits per heavy atom. The first-order valence-electron chi connectivity index (χ1n) is 5.80. The fourth-order valence-corrected chi connectivity index (χ4v) is 2.67. The topological polar surface area (TPSA) is 24.1 Å². The van der Waals surface area contributed by atoms with Crippen LogP contribution in [0.2, 0.25) is 0 Å². The van der Waals surface area contributed by atoms with Crippen molar-refractivity contribution in [1.82, 2.24) is 10.6 Å². The van der Waals surface area contributed by atoms with Crippen molar-refractivity contribution in [3.8, 4) is 0 Å². The Kier molecular flexibility index (Phi) is 3.23. The first-order valence-corrected chi connectivity index (χ1v) is 5.80. The van der Waals surface area contributed by atoms with Crippen LogP contribution in [-0.2, 0) is 0 Å². The van der Waals surface area contributed by atoms with Gasteiger partial charge in [0.1, 0.15) is 0 Å². The molecule has 2 rings (SSSR count). The van der Waals surface area contributed by atoms with Crippen molar-refractivity contribution in [3.63, 3.8) is 0 Å². The maximum Gasteiger partial charge on any atom is 0.0204 e. The largest absolute Gasteiger partial charge is 0.315 e. The van der Waals surface area contributed by atoms with Crippen LogP contribution in [0, 0.1) is 11.8 Å². The van der Waals surface area contributed by atoms with Gasteiger partial charge in [0, 0.05) is 12.6 Å². The van der Waals surface area contributed by atoms with Gasteiger partial charge in [0.25, 0.3) is 0 Å². The summed E-state index contributed by atoms with van der Waals surface area (Å²) in [6, 6.07) is 0.757. The van der Waals surface area contributed by atoms with Crippen molar-refractivity contribution < 1.29 is 0 Å². The molecule has 76 valence electrons. The van der Waals surface area contributed by atoms with Gasteiger partial charge >= 0.3 is 0 Å². The van der Waals surface area contributed by atoms with E-state index < -0.39 is 0 Å². The van der Waals surface area contributed by atoms with Gasteiger partial charge in [-0.2, -0.15) is 0 Å². The fraction of sp³-hybridized carbons (Fsp3) is 1.00. The molecule has 2 nitrogen and oxygen atoms in total. The number of nitrogens with one attached hydrogen (secondary N) is 2. The zero-order chi connectivity index (χ0) is 9.10. The van der Waals surface area contributed by atoms with Crippen molar-refractivity contribution in [2.75, 3.05) is 19.6 Å². The van der Waals surface area contributed by atoms with Crippen molar-refractivity contribution in [3.05, 3.63) is 0 Å². The number of hydrogen-bond donors (Lipinski definition) is 2. The summed E-state index contributed by atoms with van der Waals surface area (Å²) >= 11 is 0. The molecule has 13 heavy (non-hydrogen) atoms. The van der Waals surface area contributed by atoms with Crippen LogP contribution in [0.1, 0.15) is 32.6 Å². The molecule has 3 unspecified atom stereocenters. The Bertz CT molecular complexity index is 152. The summed E-state index contributed by atoms with van der Waals surface area (Å²) in [6.45, 7) is 6.05. The quantitative estimate of drug-likeness (QED) is 0.689. The van der Waals surface area contributed by atoms with Crippen molar-refractivity contribution >= 4 is 0 Å². The van der Waals surface area contributed by atoms with Gasteiger partial charge in [0.15, 0.2) is 0 Å². The maximum absolute atomic E-state index is 3.69. The Morgan fingerprint density at radius 2 is 2.23 bits per heavy atom. The molecule has 0 amide bonds. The lowest BCUT2D eigenvalue weighted by molar-refractivity contribution is 0.372. The summed E-state index contributed by atoms with van der Waals surface area (Å²) < 4.78 is 0.